The molecule has 0 bridgehead atoms. The van der Waals surface area contributed by atoms with Crippen molar-refractivity contribution in [3.05, 3.63) is 65.8 Å². The van der Waals surface area contributed by atoms with Crippen molar-refractivity contribution in [2.45, 2.75) is 31.7 Å². The Morgan fingerprint density at radius 1 is 1.06 bits per heavy atom. The van der Waals surface area contributed by atoms with Gasteiger partial charge in [0.05, 0.1) is 24.7 Å². The predicted molar refractivity (Wildman–Crippen MR) is 123 cm³/mol. The number of benzene rings is 1. The fraction of sp³-hybridized carbons (Fsp3) is 0.400. The zero-order chi connectivity index (χ0) is 23.5. The second-order valence-corrected chi connectivity index (χ2v) is 8.80. The Morgan fingerprint density at radius 2 is 1.85 bits per heavy atom. The fourth-order valence-electron chi connectivity index (χ4n) is 4.66. The molecule has 176 valence electrons. The molecule has 2 aromatic heterocycles. The summed E-state index contributed by atoms with van der Waals surface area (Å²) in [5.41, 5.74) is 2.16. The van der Waals surface area contributed by atoms with Crippen LogP contribution in [0, 0.1) is 12.8 Å². The van der Waals surface area contributed by atoms with E-state index in [9.17, 15) is 9.59 Å². The number of ether oxygens (including phenoxy) is 1. The van der Waals surface area contributed by atoms with Crippen LogP contribution in [-0.4, -0.2) is 64.2 Å². The van der Waals surface area contributed by atoms with Crippen LogP contribution in [0.2, 0.25) is 0 Å². The Hall–Kier alpha value is -3.59. The lowest BCUT2D eigenvalue weighted by atomic mass is 10.0. The minimum absolute atomic E-state index is 0.0878. The summed E-state index contributed by atoms with van der Waals surface area (Å²) in [5.74, 6) is 0.281. The molecule has 9 nitrogen and oxygen atoms in total. The molecule has 1 saturated heterocycles. The average Bonchev–Trinajstić information content (AvgIpc) is 3.52. The first-order valence-electron chi connectivity index (χ1n) is 11.6. The topological polar surface area (TPSA) is 110 Å². The van der Waals surface area contributed by atoms with Crippen LogP contribution in [0.1, 0.15) is 40.7 Å². The summed E-state index contributed by atoms with van der Waals surface area (Å²) in [4.78, 5) is 36.9. The number of amides is 2. The molecule has 2 amide bonds. The summed E-state index contributed by atoms with van der Waals surface area (Å²) in [7, 11) is 0. The summed E-state index contributed by atoms with van der Waals surface area (Å²) in [6, 6.07) is 12.8. The maximum absolute atomic E-state index is 13.2. The second-order valence-electron chi connectivity index (χ2n) is 8.80. The van der Waals surface area contributed by atoms with Crippen LogP contribution >= 0.6 is 0 Å². The number of aromatic nitrogens is 3. The van der Waals surface area contributed by atoms with E-state index in [4.69, 9.17) is 9.26 Å². The van der Waals surface area contributed by atoms with Crippen molar-refractivity contribution >= 4 is 11.8 Å². The van der Waals surface area contributed by atoms with Gasteiger partial charge in [-0.3, -0.25) is 14.6 Å². The van der Waals surface area contributed by atoms with E-state index >= 15 is 0 Å². The molecule has 2 fully saturated rings. The van der Waals surface area contributed by atoms with Crippen molar-refractivity contribution in [2.24, 2.45) is 5.92 Å². The highest BCUT2D eigenvalue weighted by Crippen LogP contribution is 2.39. The van der Waals surface area contributed by atoms with E-state index in [2.05, 4.69) is 20.4 Å². The molecule has 0 radical (unpaired) electrons. The quantitative estimate of drug-likeness (QED) is 0.622. The van der Waals surface area contributed by atoms with Gasteiger partial charge in [0.15, 0.2) is 0 Å². The normalized spacial score (nSPS) is 22.5. The highest BCUT2D eigenvalue weighted by atomic mass is 16.5. The Bertz CT molecular complexity index is 1140. The van der Waals surface area contributed by atoms with Gasteiger partial charge in [-0.25, -0.2) is 0 Å². The minimum atomic E-state index is -0.312. The Kier molecular flexibility index (Phi) is 6.35. The van der Waals surface area contributed by atoms with E-state index in [0.29, 0.717) is 56.4 Å². The molecule has 3 aromatic rings. The number of nitrogens with one attached hydrogen (secondary N) is 1. The van der Waals surface area contributed by atoms with Crippen molar-refractivity contribution in [3.8, 4) is 11.4 Å². The lowest BCUT2D eigenvalue weighted by Gasteiger charge is -2.29. The Morgan fingerprint density at radius 3 is 2.59 bits per heavy atom. The number of carbonyl (C=O) groups is 2. The Balaban J connectivity index is 1.38. The van der Waals surface area contributed by atoms with Gasteiger partial charge in [0.1, 0.15) is 0 Å². The van der Waals surface area contributed by atoms with Crippen molar-refractivity contribution in [1.82, 2.24) is 25.3 Å². The molecule has 2 aliphatic rings. The Labute approximate surface area is 197 Å². The van der Waals surface area contributed by atoms with Gasteiger partial charge in [0, 0.05) is 42.5 Å². The molecule has 34 heavy (non-hydrogen) atoms. The lowest BCUT2D eigenvalue weighted by molar-refractivity contribution is -0.139. The highest BCUT2D eigenvalue weighted by Gasteiger charge is 2.43. The van der Waals surface area contributed by atoms with Crippen LogP contribution in [0.25, 0.3) is 11.4 Å². The first-order chi connectivity index (χ1) is 16.6. The molecule has 0 spiro atoms. The van der Waals surface area contributed by atoms with Gasteiger partial charge in [-0.1, -0.05) is 35.5 Å². The summed E-state index contributed by atoms with van der Waals surface area (Å²) in [6.07, 6.45) is 2.60. The highest BCUT2D eigenvalue weighted by molar-refractivity contribution is 5.94. The molecule has 0 unspecified atom stereocenters. The molecule has 3 heterocycles. The number of morpholine rings is 1. The van der Waals surface area contributed by atoms with E-state index in [1.165, 1.54) is 0 Å². The number of hydrogen-bond donors (Lipinski definition) is 1. The number of hydrogen-bond acceptors (Lipinski definition) is 7. The van der Waals surface area contributed by atoms with Crippen LogP contribution in [0.5, 0.6) is 0 Å². The summed E-state index contributed by atoms with van der Waals surface area (Å²) >= 11 is 0. The maximum Gasteiger partial charge on any atom is 0.253 e. The van der Waals surface area contributed by atoms with E-state index in [0.717, 1.165) is 11.3 Å². The molecule has 3 atom stereocenters. The van der Waals surface area contributed by atoms with Crippen molar-refractivity contribution in [2.75, 3.05) is 26.3 Å². The third-order valence-corrected chi connectivity index (χ3v) is 6.52. The number of rotatable bonds is 5. The van der Waals surface area contributed by atoms with Gasteiger partial charge in [0.2, 0.25) is 17.6 Å². The molecular formula is C25H27N5O4. The van der Waals surface area contributed by atoms with E-state index in [1.807, 2.05) is 42.2 Å². The van der Waals surface area contributed by atoms with Gasteiger partial charge >= 0.3 is 0 Å². The summed E-state index contributed by atoms with van der Waals surface area (Å²) in [6.45, 7) is 4.14. The van der Waals surface area contributed by atoms with Crippen LogP contribution in [0.3, 0.4) is 0 Å². The third kappa shape index (κ3) is 4.70. The minimum Gasteiger partial charge on any atom is -0.378 e. The number of carbonyl (C=O) groups excluding carboxylic acids is 2. The van der Waals surface area contributed by atoms with Crippen molar-refractivity contribution < 1.29 is 18.8 Å². The maximum atomic E-state index is 13.2. The fourth-order valence-corrected chi connectivity index (χ4v) is 4.66. The van der Waals surface area contributed by atoms with E-state index < -0.39 is 0 Å². The van der Waals surface area contributed by atoms with Gasteiger partial charge < -0.3 is 19.5 Å². The van der Waals surface area contributed by atoms with Crippen LogP contribution < -0.4 is 5.32 Å². The van der Waals surface area contributed by atoms with Gasteiger partial charge in [-0.05, 0) is 31.9 Å². The second kappa shape index (κ2) is 9.72. The van der Waals surface area contributed by atoms with Crippen LogP contribution in [0.4, 0.5) is 0 Å². The average molecular weight is 462 g/mol. The third-order valence-electron chi connectivity index (χ3n) is 6.52. The zero-order valence-electron chi connectivity index (χ0n) is 19.0. The first-order valence-corrected chi connectivity index (χ1v) is 11.6. The lowest BCUT2D eigenvalue weighted by Crippen LogP contribution is -2.43. The number of aryl methyl sites for hydroxylation is 1. The van der Waals surface area contributed by atoms with E-state index in [-0.39, 0.29) is 29.7 Å². The van der Waals surface area contributed by atoms with Gasteiger partial charge in [0.25, 0.3) is 5.91 Å². The van der Waals surface area contributed by atoms with E-state index in [1.54, 1.807) is 18.3 Å². The summed E-state index contributed by atoms with van der Waals surface area (Å²) < 4.78 is 11.0. The standard InChI is InChI=1S/C25H27N5O4/c1-16-7-8-18(15-26-16)23(31)27-21-14-19(25(32)30-9-11-33-12-10-30)13-20(21)24-28-22(29-34-24)17-5-3-2-4-6-17/h2-8,15,19-21H,9-14H2,1H3,(H,27,31)/t19-,20-,21+/m1/s1. The largest absolute Gasteiger partial charge is 0.378 e. The molecule has 1 aromatic carbocycles. The molecule has 5 rings (SSSR count). The van der Waals surface area contributed by atoms with Crippen LogP contribution in [-0.2, 0) is 9.53 Å². The number of pyridine rings is 1. The first kappa shape index (κ1) is 22.2. The summed E-state index contributed by atoms with van der Waals surface area (Å²) in [5, 5.41) is 7.25. The number of nitrogens with zero attached hydrogens (tertiary/aromatic N) is 4. The monoisotopic (exact) mass is 461 g/mol. The smallest absolute Gasteiger partial charge is 0.253 e. The van der Waals surface area contributed by atoms with Crippen molar-refractivity contribution in [1.29, 1.82) is 0 Å². The molecule has 1 N–H and O–H groups in total. The molecule has 1 aliphatic heterocycles. The SMILES string of the molecule is Cc1ccc(C(=O)N[C@H]2C[C@H](C(=O)N3CCOCC3)C[C@H]2c2nc(-c3ccccc3)no2)cn1. The molecule has 1 saturated carbocycles. The van der Waals surface area contributed by atoms with Gasteiger partial charge in [-0.15, -0.1) is 0 Å². The molecular weight excluding hydrogens is 434 g/mol. The van der Waals surface area contributed by atoms with Crippen LogP contribution in [0.15, 0.2) is 53.2 Å². The predicted octanol–water partition coefficient (Wildman–Crippen LogP) is 2.59. The molecule has 9 heteroatoms. The molecule has 1 aliphatic carbocycles. The van der Waals surface area contributed by atoms with Crippen molar-refractivity contribution in [3.63, 3.8) is 0 Å². The van der Waals surface area contributed by atoms with Gasteiger partial charge in [-0.2, -0.15) is 4.98 Å². The zero-order valence-corrected chi connectivity index (χ0v) is 19.0.